The first-order valence-electron chi connectivity index (χ1n) is 4.71. The minimum Gasteiger partial charge on any atom is -0.481 e. The molecule has 0 rings (SSSR count). The molecule has 14 heavy (non-hydrogen) atoms. The number of esters is 1. The van der Waals surface area contributed by atoms with Gasteiger partial charge in [0.1, 0.15) is 5.60 Å². The molecular weight excluding hydrogens is 184 g/mol. The van der Waals surface area contributed by atoms with E-state index >= 15 is 0 Å². The molecule has 4 nitrogen and oxygen atoms in total. The Labute approximate surface area is 84.3 Å². The van der Waals surface area contributed by atoms with Crippen molar-refractivity contribution in [3.8, 4) is 0 Å². The third kappa shape index (κ3) is 5.56. The summed E-state index contributed by atoms with van der Waals surface area (Å²) in [6, 6.07) is 0. The number of ether oxygens (including phenoxy) is 1. The first-order valence-corrected chi connectivity index (χ1v) is 4.71. The van der Waals surface area contributed by atoms with Crippen LogP contribution < -0.4 is 0 Å². The van der Waals surface area contributed by atoms with Gasteiger partial charge in [0.2, 0.25) is 0 Å². The highest BCUT2D eigenvalue weighted by atomic mass is 16.6. The largest absolute Gasteiger partial charge is 0.481 e. The van der Waals surface area contributed by atoms with Gasteiger partial charge in [-0.05, 0) is 27.2 Å². The molecule has 0 bridgehead atoms. The average molecular weight is 202 g/mol. The van der Waals surface area contributed by atoms with Crippen LogP contribution in [0.1, 0.15) is 40.5 Å². The van der Waals surface area contributed by atoms with Gasteiger partial charge in [0.25, 0.3) is 0 Å². The third-order valence-electron chi connectivity index (χ3n) is 1.68. The van der Waals surface area contributed by atoms with E-state index in [1.807, 2.05) is 0 Å². The fraction of sp³-hybridized carbons (Fsp3) is 0.800. The van der Waals surface area contributed by atoms with E-state index < -0.39 is 23.5 Å². The van der Waals surface area contributed by atoms with Crippen LogP contribution in [0.2, 0.25) is 0 Å². The van der Waals surface area contributed by atoms with Crippen LogP contribution in [0.25, 0.3) is 0 Å². The Kier molecular flexibility index (Phi) is 4.60. The van der Waals surface area contributed by atoms with Gasteiger partial charge in [-0.25, -0.2) is 0 Å². The van der Waals surface area contributed by atoms with Crippen molar-refractivity contribution in [3.63, 3.8) is 0 Å². The second kappa shape index (κ2) is 4.98. The maximum Gasteiger partial charge on any atom is 0.307 e. The molecule has 0 saturated carbocycles. The third-order valence-corrected chi connectivity index (χ3v) is 1.68. The molecule has 0 aromatic rings. The molecule has 4 heteroatoms. The number of carboxylic acids is 1. The van der Waals surface area contributed by atoms with E-state index in [2.05, 4.69) is 0 Å². The molecule has 0 saturated heterocycles. The van der Waals surface area contributed by atoms with Crippen LogP contribution in [-0.4, -0.2) is 22.6 Å². The molecule has 0 aliphatic carbocycles. The van der Waals surface area contributed by atoms with Gasteiger partial charge in [-0.2, -0.15) is 0 Å². The standard InChI is InChI=1S/C10H18O4/c1-5-7(9(12)13)6-8(11)14-10(2,3)4/h7H,5-6H2,1-4H3,(H,12,13)/t7-/m1/s1. The summed E-state index contributed by atoms with van der Waals surface area (Å²) >= 11 is 0. The van der Waals surface area contributed by atoms with E-state index in [0.717, 1.165) is 0 Å². The van der Waals surface area contributed by atoms with E-state index in [4.69, 9.17) is 9.84 Å². The fourth-order valence-electron chi connectivity index (χ4n) is 0.991. The number of aliphatic carboxylic acids is 1. The maximum atomic E-state index is 11.2. The van der Waals surface area contributed by atoms with E-state index in [9.17, 15) is 9.59 Å². The summed E-state index contributed by atoms with van der Waals surface area (Å²) in [5.41, 5.74) is -0.548. The minimum atomic E-state index is -0.946. The zero-order chi connectivity index (χ0) is 11.4. The summed E-state index contributed by atoms with van der Waals surface area (Å²) < 4.78 is 5.02. The van der Waals surface area contributed by atoms with Crippen molar-refractivity contribution in [1.29, 1.82) is 0 Å². The number of carbonyl (C=O) groups is 2. The van der Waals surface area contributed by atoms with Crippen molar-refractivity contribution in [1.82, 2.24) is 0 Å². The Morgan fingerprint density at radius 3 is 2.14 bits per heavy atom. The molecule has 82 valence electrons. The number of carbonyl (C=O) groups excluding carboxylic acids is 1. The molecule has 0 heterocycles. The highest BCUT2D eigenvalue weighted by molar-refractivity contribution is 5.78. The smallest absolute Gasteiger partial charge is 0.307 e. The Bertz CT molecular complexity index is 215. The van der Waals surface area contributed by atoms with Crippen molar-refractivity contribution < 1.29 is 19.4 Å². The van der Waals surface area contributed by atoms with Gasteiger partial charge in [-0.3, -0.25) is 9.59 Å². The zero-order valence-electron chi connectivity index (χ0n) is 9.16. The SMILES string of the molecule is CC[C@H](CC(=O)OC(C)(C)C)C(=O)O. The van der Waals surface area contributed by atoms with Crippen LogP contribution in [0, 0.1) is 5.92 Å². The first kappa shape index (κ1) is 12.9. The summed E-state index contributed by atoms with van der Waals surface area (Å²) in [5, 5.41) is 8.71. The van der Waals surface area contributed by atoms with Gasteiger partial charge < -0.3 is 9.84 Å². The minimum absolute atomic E-state index is 0.0525. The lowest BCUT2D eigenvalue weighted by molar-refractivity contribution is -0.159. The molecule has 0 spiro atoms. The van der Waals surface area contributed by atoms with E-state index in [1.54, 1.807) is 27.7 Å². The van der Waals surface area contributed by atoms with Crippen molar-refractivity contribution in [2.75, 3.05) is 0 Å². The quantitative estimate of drug-likeness (QED) is 0.706. The zero-order valence-corrected chi connectivity index (χ0v) is 9.16. The molecule has 1 atom stereocenters. The van der Waals surface area contributed by atoms with E-state index in [-0.39, 0.29) is 6.42 Å². The number of rotatable bonds is 4. The van der Waals surface area contributed by atoms with Crippen molar-refractivity contribution in [2.45, 2.75) is 46.1 Å². The number of hydrogen-bond acceptors (Lipinski definition) is 3. The van der Waals surface area contributed by atoms with Crippen LogP contribution in [-0.2, 0) is 14.3 Å². The predicted molar refractivity (Wildman–Crippen MR) is 51.9 cm³/mol. The van der Waals surface area contributed by atoms with E-state index in [0.29, 0.717) is 6.42 Å². The summed E-state index contributed by atoms with van der Waals surface area (Å²) in [7, 11) is 0. The monoisotopic (exact) mass is 202 g/mol. The van der Waals surface area contributed by atoms with Crippen LogP contribution in [0.5, 0.6) is 0 Å². The Morgan fingerprint density at radius 2 is 1.86 bits per heavy atom. The summed E-state index contributed by atoms with van der Waals surface area (Å²) in [6.45, 7) is 7.01. The summed E-state index contributed by atoms with van der Waals surface area (Å²) in [5.74, 6) is -2.03. The number of hydrogen-bond donors (Lipinski definition) is 1. The maximum absolute atomic E-state index is 11.2. The van der Waals surface area contributed by atoms with Crippen LogP contribution in [0.15, 0.2) is 0 Å². The van der Waals surface area contributed by atoms with Gasteiger partial charge >= 0.3 is 11.9 Å². The summed E-state index contributed by atoms with van der Waals surface area (Å²) in [6.07, 6.45) is 0.387. The van der Waals surface area contributed by atoms with Crippen molar-refractivity contribution in [3.05, 3.63) is 0 Å². The Hall–Kier alpha value is -1.06. The molecule has 0 amide bonds. The van der Waals surface area contributed by atoms with E-state index in [1.165, 1.54) is 0 Å². The first-order chi connectivity index (χ1) is 6.26. The van der Waals surface area contributed by atoms with Crippen molar-refractivity contribution >= 4 is 11.9 Å². The summed E-state index contributed by atoms with van der Waals surface area (Å²) in [4.78, 5) is 21.9. The molecule has 0 radical (unpaired) electrons. The van der Waals surface area contributed by atoms with Gasteiger partial charge in [-0.15, -0.1) is 0 Å². The molecule has 0 unspecified atom stereocenters. The normalized spacial score (nSPS) is 13.4. The van der Waals surface area contributed by atoms with Crippen molar-refractivity contribution in [2.24, 2.45) is 5.92 Å². The second-order valence-electron chi connectivity index (χ2n) is 4.23. The molecule has 0 aromatic carbocycles. The molecular formula is C10H18O4. The van der Waals surface area contributed by atoms with Gasteiger partial charge in [-0.1, -0.05) is 6.92 Å². The molecule has 0 fully saturated rings. The molecule has 0 aromatic heterocycles. The lowest BCUT2D eigenvalue weighted by Gasteiger charge is -2.20. The average Bonchev–Trinajstić information content (AvgIpc) is 1.96. The van der Waals surface area contributed by atoms with Gasteiger partial charge in [0, 0.05) is 0 Å². The van der Waals surface area contributed by atoms with Gasteiger partial charge in [0.15, 0.2) is 0 Å². The molecule has 1 N–H and O–H groups in total. The van der Waals surface area contributed by atoms with Crippen LogP contribution >= 0.6 is 0 Å². The topological polar surface area (TPSA) is 63.6 Å². The molecule has 0 aliphatic rings. The lowest BCUT2D eigenvalue weighted by Crippen LogP contribution is -2.27. The van der Waals surface area contributed by atoms with Crippen LogP contribution in [0.3, 0.4) is 0 Å². The highest BCUT2D eigenvalue weighted by Gasteiger charge is 2.23. The Morgan fingerprint density at radius 1 is 1.36 bits per heavy atom. The second-order valence-corrected chi connectivity index (χ2v) is 4.23. The van der Waals surface area contributed by atoms with Crippen LogP contribution in [0.4, 0.5) is 0 Å². The fourth-order valence-corrected chi connectivity index (χ4v) is 0.991. The lowest BCUT2D eigenvalue weighted by atomic mass is 10.0. The highest BCUT2D eigenvalue weighted by Crippen LogP contribution is 2.14. The predicted octanol–water partition coefficient (Wildman–Crippen LogP) is 1.83. The molecule has 0 aliphatic heterocycles. The number of carboxylic acid groups (broad SMARTS) is 1. The van der Waals surface area contributed by atoms with Gasteiger partial charge in [0.05, 0.1) is 12.3 Å². The Balaban J connectivity index is 4.11.